The Kier molecular flexibility index (Phi) is 5.54. The topological polar surface area (TPSA) is 71.0 Å². The number of nitrogens with one attached hydrogen (secondary N) is 1. The van der Waals surface area contributed by atoms with Crippen molar-refractivity contribution in [1.82, 2.24) is 10.3 Å². The number of aryl methyl sites for hydroxylation is 1. The lowest BCUT2D eigenvalue weighted by molar-refractivity contribution is -0.131. The third-order valence-corrected chi connectivity index (χ3v) is 5.25. The number of hydrogen-bond donors (Lipinski definition) is 1. The molecule has 1 N–H and O–H groups in total. The normalized spacial score (nSPS) is 18.5. The van der Waals surface area contributed by atoms with Gasteiger partial charge in [-0.25, -0.2) is 4.79 Å². The molecule has 1 aliphatic heterocycles. The number of hydrazone groups is 1. The predicted octanol–water partition coefficient (Wildman–Crippen LogP) is 4.38. The van der Waals surface area contributed by atoms with Crippen LogP contribution in [0.2, 0.25) is 0 Å². The van der Waals surface area contributed by atoms with Crippen LogP contribution in [0.4, 0.5) is 4.79 Å². The number of nitrogens with zero attached hydrogens (tertiary/aromatic N) is 2. The average Bonchev–Trinajstić information content (AvgIpc) is 3.02. The van der Waals surface area contributed by atoms with Crippen molar-refractivity contribution in [2.24, 2.45) is 5.10 Å². The van der Waals surface area contributed by atoms with Gasteiger partial charge in [-0.05, 0) is 54.8 Å². The maximum atomic E-state index is 12.9. The van der Waals surface area contributed by atoms with Gasteiger partial charge in [0.25, 0.3) is 5.91 Å². The fraction of sp³-hybridized carbons (Fsp3) is 0.160. The first kappa shape index (κ1) is 20.3. The third kappa shape index (κ3) is 4.33. The Morgan fingerprint density at radius 1 is 0.968 bits per heavy atom. The van der Waals surface area contributed by atoms with E-state index in [0.717, 1.165) is 21.9 Å². The molecule has 1 atom stereocenters. The quantitative estimate of drug-likeness (QED) is 0.482. The number of carbonyl (C=O) groups excluding carboxylic acids is 2. The van der Waals surface area contributed by atoms with Crippen LogP contribution >= 0.6 is 0 Å². The van der Waals surface area contributed by atoms with Gasteiger partial charge in [-0.1, -0.05) is 60.2 Å². The highest BCUT2D eigenvalue weighted by Crippen LogP contribution is 2.28. The minimum Gasteiger partial charge on any atom is -0.489 e. The van der Waals surface area contributed by atoms with Gasteiger partial charge in [0.2, 0.25) is 0 Å². The number of hydrogen-bond acceptors (Lipinski definition) is 4. The number of urea groups is 1. The molecular formula is C25H23N3O3. The highest BCUT2D eigenvalue weighted by Gasteiger charge is 2.49. The van der Waals surface area contributed by atoms with Gasteiger partial charge in [0.15, 0.2) is 0 Å². The summed E-state index contributed by atoms with van der Waals surface area (Å²) in [5, 5.41) is 7.71. The van der Waals surface area contributed by atoms with Crippen LogP contribution in [-0.2, 0) is 16.9 Å². The van der Waals surface area contributed by atoms with Crippen LogP contribution in [0.25, 0.3) is 0 Å². The molecule has 1 heterocycles. The minimum atomic E-state index is -1.14. The summed E-state index contributed by atoms with van der Waals surface area (Å²) in [4.78, 5) is 25.2. The second-order valence-electron chi connectivity index (χ2n) is 7.63. The van der Waals surface area contributed by atoms with Gasteiger partial charge in [-0.2, -0.15) is 5.10 Å². The van der Waals surface area contributed by atoms with Crippen molar-refractivity contribution in [3.63, 3.8) is 0 Å². The molecule has 0 unspecified atom stereocenters. The van der Waals surface area contributed by atoms with Gasteiger partial charge in [0, 0.05) is 0 Å². The molecule has 3 aromatic carbocycles. The number of amides is 3. The van der Waals surface area contributed by atoms with Gasteiger partial charge in [-0.3, -0.25) is 4.79 Å². The van der Waals surface area contributed by atoms with Crippen molar-refractivity contribution < 1.29 is 14.3 Å². The highest BCUT2D eigenvalue weighted by atomic mass is 16.5. The summed E-state index contributed by atoms with van der Waals surface area (Å²) < 4.78 is 5.80. The zero-order chi connectivity index (χ0) is 21.8. The summed E-state index contributed by atoms with van der Waals surface area (Å²) in [7, 11) is 0. The Bertz CT molecular complexity index is 1110. The van der Waals surface area contributed by atoms with Gasteiger partial charge in [0.05, 0.1) is 6.21 Å². The van der Waals surface area contributed by atoms with Crippen LogP contribution in [-0.4, -0.2) is 23.2 Å². The average molecular weight is 413 g/mol. The van der Waals surface area contributed by atoms with Gasteiger partial charge < -0.3 is 10.1 Å². The molecule has 4 rings (SSSR count). The van der Waals surface area contributed by atoms with E-state index >= 15 is 0 Å². The Morgan fingerprint density at radius 3 is 2.32 bits per heavy atom. The molecule has 0 aromatic heterocycles. The number of imide groups is 1. The summed E-state index contributed by atoms with van der Waals surface area (Å²) >= 11 is 0. The minimum absolute atomic E-state index is 0.419. The Morgan fingerprint density at radius 2 is 1.65 bits per heavy atom. The SMILES string of the molecule is Cc1ccc(COc2ccc(/C=N\N3C(=O)N[C@@](C)(c4ccccc4)C3=O)cc2)cc1. The van der Waals surface area contributed by atoms with Crippen LogP contribution < -0.4 is 10.1 Å². The lowest BCUT2D eigenvalue weighted by Crippen LogP contribution is -2.40. The van der Waals surface area contributed by atoms with Crippen LogP contribution in [0.5, 0.6) is 5.75 Å². The zero-order valence-electron chi connectivity index (χ0n) is 17.4. The van der Waals surface area contributed by atoms with Crippen LogP contribution in [0.15, 0.2) is 84.0 Å². The van der Waals surface area contributed by atoms with Crippen LogP contribution in [0.3, 0.4) is 0 Å². The standard InChI is InChI=1S/C25H23N3O3/c1-18-8-10-20(11-9-18)17-31-22-14-12-19(13-15-22)16-26-28-23(29)25(2,27-24(28)30)21-6-4-3-5-7-21/h3-16H,17H2,1-2H3,(H,27,30)/b26-16-/t25-/m0/s1. The molecule has 1 fully saturated rings. The van der Waals surface area contributed by atoms with E-state index in [1.54, 1.807) is 19.1 Å². The van der Waals surface area contributed by atoms with Crippen molar-refractivity contribution in [1.29, 1.82) is 0 Å². The summed E-state index contributed by atoms with van der Waals surface area (Å²) in [5.41, 5.74) is 2.62. The monoisotopic (exact) mass is 413 g/mol. The number of ether oxygens (including phenoxy) is 1. The molecule has 0 bridgehead atoms. The number of carbonyl (C=O) groups is 2. The van der Waals surface area contributed by atoms with E-state index in [1.165, 1.54) is 11.8 Å². The molecule has 6 heteroatoms. The number of benzene rings is 3. The zero-order valence-corrected chi connectivity index (χ0v) is 17.4. The first-order valence-corrected chi connectivity index (χ1v) is 10.0. The van der Waals surface area contributed by atoms with E-state index in [-0.39, 0.29) is 0 Å². The van der Waals surface area contributed by atoms with Crippen molar-refractivity contribution in [3.8, 4) is 5.75 Å². The Hall–Kier alpha value is -3.93. The van der Waals surface area contributed by atoms with E-state index in [1.807, 2.05) is 61.5 Å². The molecule has 31 heavy (non-hydrogen) atoms. The van der Waals surface area contributed by atoms with E-state index in [0.29, 0.717) is 12.2 Å². The Labute approximate surface area is 181 Å². The summed E-state index contributed by atoms with van der Waals surface area (Å²) in [5.74, 6) is 0.308. The second-order valence-corrected chi connectivity index (χ2v) is 7.63. The first-order valence-electron chi connectivity index (χ1n) is 10.0. The summed E-state index contributed by atoms with van der Waals surface area (Å²) in [6.07, 6.45) is 1.48. The van der Waals surface area contributed by atoms with Gasteiger partial charge in [-0.15, -0.1) is 5.01 Å². The lowest BCUT2D eigenvalue weighted by atomic mass is 9.92. The molecule has 0 aliphatic carbocycles. The maximum Gasteiger partial charge on any atom is 0.346 e. The van der Waals surface area contributed by atoms with E-state index in [4.69, 9.17) is 4.74 Å². The largest absolute Gasteiger partial charge is 0.489 e. The summed E-state index contributed by atoms with van der Waals surface area (Å²) in [6.45, 7) is 4.21. The van der Waals surface area contributed by atoms with Gasteiger partial charge >= 0.3 is 6.03 Å². The van der Waals surface area contributed by atoms with Crippen LogP contribution in [0, 0.1) is 6.92 Å². The Balaban J connectivity index is 1.41. The highest BCUT2D eigenvalue weighted by molar-refractivity contribution is 6.07. The molecular weight excluding hydrogens is 390 g/mol. The third-order valence-electron chi connectivity index (χ3n) is 5.25. The van der Waals surface area contributed by atoms with Crippen molar-refractivity contribution in [2.75, 3.05) is 0 Å². The molecule has 3 amide bonds. The second kappa shape index (κ2) is 8.44. The lowest BCUT2D eigenvalue weighted by Gasteiger charge is -2.20. The fourth-order valence-corrected chi connectivity index (χ4v) is 3.32. The van der Waals surface area contributed by atoms with Crippen molar-refractivity contribution in [3.05, 3.63) is 101 Å². The molecule has 1 saturated heterocycles. The predicted molar refractivity (Wildman–Crippen MR) is 119 cm³/mol. The molecule has 156 valence electrons. The van der Waals surface area contributed by atoms with E-state index in [9.17, 15) is 9.59 Å². The van der Waals surface area contributed by atoms with Crippen molar-refractivity contribution >= 4 is 18.2 Å². The first-order chi connectivity index (χ1) is 15.0. The van der Waals surface area contributed by atoms with E-state index < -0.39 is 17.5 Å². The fourth-order valence-electron chi connectivity index (χ4n) is 3.32. The molecule has 6 nitrogen and oxygen atoms in total. The van der Waals surface area contributed by atoms with Crippen LogP contribution in [0.1, 0.15) is 29.2 Å². The molecule has 0 spiro atoms. The molecule has 1 aliphatic rings. The van der Waals surface area contributed by atoms with Crippen molar-refractivity contribution in [2.45, 2.75) is 26.0 Å². The molecule has 3 aromatic rings. The number of rotatable bonds is 6. The molecule has 0 radical (unpaired) electrons. The summed E-state index contributed by atoms with van der Waals surface area (Å²) in [6, 6.07) is 24.1. The van der Waals surface area contributed by atoms with Gasteiger partial charge in [0.1, 0.15) is 17.9 Å². The molecule has 0 saturated carbocycles. The van der Waals surface area contributed by atoms with E-state index in [2.05, 4.69) is 22.6 Å². The smallest absolute Gasteiger partial charge is 0.346 e. The maximum absolute atomic E-state index is 12.9.